The molecule has 0 N–H and O–H groups in total. The molecule has 1 fully saturated rings. The number of ether oxygens (including phenoxy) is 1. The number of fused-ring (bicyclic) bond motifs is 1. The number of amides is 1. The Hall–Kier alpha value is -3.29. The molecule has 1 aromatic carbocycles. The van der Waals surface area contributed by atoms with Gasteiger partial charge in [-0.05, 0) is 24.6 Å². The van der Waals surface area contributed by atoms with Crippen LogP contribution in [0.4, 0.5) is 4.39 Å². The first-order chi connectivity index (χ1) is 13.6. The van der Waals surface area contributed by atoms with E-state index in [0.29, 0.717) is 36.5 Å². The number of likely N-dealkylation sites (tertiary alicyclic amines) is 1. The summed E-state index contributed by atoms with van der Waals surface area (Å²) in [4.78, 5) is 35.0. The van der Waals surface area contributed by atoms with Crippen molar-refractivity contribution >= 4 is 16.8 Å². The molecule has 1 aliphatic rings. The normalized spacial score (nSPS) is 16.5. The van der Waals surface area contributed by atoms with E-state index in [1.807, 2.05) is 6.07 Å². The highest BCUT2D eigenvalue weighted by Crippen LogP contribution is 2.18. The van der Waals surface area contributed by atoms with E-state index < -0.39 is 5.82 Å². The lowest BCUT2D eigenvalue weighted by Crippen LogP contribution is -2.35. The van der Waals surface area contributed by atoms with Gasteiger partial charge in [-0.1, -0.05) is 12.1 Å². The Morgan fingerprint density at radius 1 is 1.21 bits per heavy atom. The smallest absolute Gasteiger partial charge is 0.261 e. The van der Waals surface area contributed by atoms with Crippen LogP contribution in [0.5, 0.6) is 5.88 Å². The molecule has 7 nitrogen and oxygen atoms in total. The molecule has 28 heavy (non-hydrogen) atoms. The SMILES string of the molecule is O=C(Cn1cnc2ccccc2c1=O)N1CCC(COc2ccc(F)cn2)C1. The minimum Gasteiger partial charge on any atom is -0.477 e. The van der Waals surface area contributed by atoms with Crippen LogP contribution in [0.25, 0.3) is 10.9 Å². The van der Waals surface area contributed by atoms with Crippen LogP contribution < -0.4 is 10.3 Å². The summed E-state index contributed by atoms with van der Waals surface area (Å²) < 4.78 is 19.8. The first-order valence-electron chi connectivity index (χ1n) is 9.06. The molecule has 144 valence electrons. The van der Waals surface area contributed by atoms with Gasteiger partial charge in [0.05, 0.1) is 30.0 Å². The van der Waals surface area contributed by atoms with Crippen molar-refractivity contribution in [3.8, 4) is 5.88 Å². The van der Waals surface area contributed by atoms with Crippen molar-refractivity contribution in [2.45, 2.75) is 13.0 Å². The largest absolute Gasteiger partial charge is 0.477 e. The molecule has 0 bridgehead atoms. The van der Waals surface area contributed by atoms with Crippen LogP contribution in [-0.4, -0.2) is 45.0 Å². The van der Waals surface area contributed by atoms with E-state index in [9.17, 15) is 14.0 Å². The molecule has 1 aliphatic heterocycles. The Labute approximate surface area is 160 Å². The Bertz CT molecular complexity index is 1050. The molecular formula is C20H19FN4O3. The van der Waals surface area contributed by atoms with Gasteiger partial charge in [-0.25, -0.2) is 14.4 Å². The van der Waals surface area contributed by atoms with Gasteiger partial charge < -0.3 is 9.64 Å². The number of nitrogens with zero attached hydrogens (tertiary/aromatic N) is 4. The maximum absolute atomic E-state index is 12.9. The minimum atomic E-state index is -0.414. The lowest BCUT2D eigenvalue weighted by Gasteiger charge is -2.17. The van der Waals surface area contributed by atoms with E-state index in [-0.39, 0.29) is 23.9 Å². The van der Waals surface area contributed by atoms with Crippen molar-refractivity contribution in [1.82, 2.24) is 19.4 Å². The Morgan fingerprint density at radius 2 is 2.07 bits per heavy atom. The lowest BCUT2D eigenvalue weighted by atomic mass is 10.1. The zero-order valence-corrected chi connectivity index (χ0v) is 15.1. The molecule has 1 amide bonds. The van der Waals surface area contributed by atoms with E-state index in [0.717, 1.165) is 12.6 Å². The number of hydrogen-bond donors (Lipinski definition) is 0. The molecule has 0 saturated carbocycles. The van der Waals surface area contributed by atoms with Crippen LogP contribution >= 0.6 is 0 Å². The van der Waals surface area contributed by atoms with E-state index >= 15 is 0 Å². The quantitative estimate of drug-likeness (QED) is 0.673. The predicted molar refractivity (Wildman–Crippen MR) is 100 cm³/mol. The fraction of sp³-hybridized carbons (Fsp3) is 0.300. The van der Waals surface area contributed by atoms with Gasteiger partial charge in [-0.3, -0.25) is 14.2 Å². The van der Waals surface area contributed by atoms with Gasteiger partial charge in [0.1, 0.15) is 12.4 Å². The fourth-order valence-electron chi connectivity index (χ4n) is 3.31. The van der Waals surface area contributed by atoms with Crippen LogP contribution in [0.3, 0.4) is 0 Å². The third-order valence-corrected chi connectivity index (χ3v) is 4.84. The molecule has 1 unspecified atom stereocenters. The van der Waals surface area contributed by atoms with Gasteiger partial charge in [0, 0.05) is 25.1 Å². The molecule has 4 rings (SSSR count). The Balaban J connectivity index is 1.35. The number of halogens is 1. The van der Waals surface area contributed by atoms with E-state index in [2.05, 4.69) is 9.97 Å². The van der Waals surface area contributed by atoms with E-state index in [1.165, 1.54) is 23.0 Å². The van der Waals surface area contributed by atoms with Crippen LogP contribution in [0.2, 0.25) is 0 Å². The summed E-state index contributed by atoms with van der Waals surface area (Å²) in [7, 11) is 0. The monoisotopic (exact) mass is 382 g/mol. The van der Waals surface area contributed by atoms with Gasteiger partial charge in [-0.15, -0.1) is 0 Å². The topological polar surface area (TPSA) is 77.3 Å². The first-order valence-corrected chi connectivity index (χ1v) is 9.06. The number of carbonyl (C=O) groups is 1. The highest BCUT2D eigenvalue weighted by molar-refractivity contribution is 5.79. The van der Waals surface area contributed by atoms with Crippen molar-refractivity contribution in [2.75, 3.05) is 19.7 Å². The molecule has 1 atom stereocenters. The molecule has 0 aliphatic carbocycles. The van der Waals surface area contributed by atoms with Crippen LogP contribution in [0.15, 0.2) is 53.7 Å². The third-order valence-electron chi connectivity index (χ3n) is 4.84. The van der Waals surface area contributed by atoms with Gasteiger partial charge in [0.2, 0.25) is 11.8 Å². The second-order valence-corrected chi connectivity index (χ2v) is 6.81. The second-order valence-electron chi connectivity index (χ2n) is 6.81. The molecule has 1 saturated heterocycles. The summed E-state index contributed by atoms with van der Waals surface area (Å²) in [6.07, 6.45) is 3.33. The van der Waals surface area contributed by atoms with E-state index in [4.69, 9.17) is 4.74 Å². The average Bonchev–Trinajstić information content (AvgIpc) is 3.19. The van der Waals surface area contributed by atoms with Crippen LogP contribution in [0.1, 0.15) is 6.42 Å². The summed E-state index contributed by atoms with van der Waals surface area (Å²) in [5, 5.41) is 0.497. The molecule has 0 radical (unpaired) electrons. The molecule has 3 heterocycles. The molecule has 0 spiro atoms. The molecule has 8 heteroatoms. The van der Waals surface area contributed by atoms with Crippen molar-refractivity contribution in [2.24, 2.45) is 5.92 Å². The minimum absolute atomic E-state index is 0.0379. The fourth-order valence-corrected chi connectivity index (χ4v) is 3.31. The maximum Gasteiger partial charge on any atom is 0.261 e. The summed E-state index contributed by atoms with van der Waals surface area (Å²) in [6, 6.07) is 9.84. The number of aromatic nitrogens is 3. The zero-order valence-electron chi connectivity index (χ0n) is 15.1. The van der Waals surface area contributed by atoms with Crippen molar-refractivity contribution in [1.29, 1.82) is 0 Å². The third kappa shape index (κ3) is 3.85. The lowest BCUT2D eigenvalue weighted by molar-refractivity contribution is -0.131. The van der Waals surface area contributed by atoms with Gasteiger partial charge >= 0.3 is 0 Å². The zero-order chi connectivity index (χ0) is 19.5. The predicted octanol–water partition coefficient (Wildman–Crippen LogP) is 1.86. The highest BCUT2D eigenvalue weighted by atomic mass is 19.1. The average molecular weight is 382 g/mol. The first kappa shape index (κ1) is 18.1. The molecular weight excluding hydrogens is 363 g/mol. The number of carbonyl (C=O) groups excluding carboxylic acids is 1. The van der Waals surface area contributed by atoms with Crippen molar-refractivity contribution in [3.05, 3.63) is 65.1 Å². The standard InChI is InChI=1S/C20H19FN4O3/c21-15-5-6-18(22-9-15)28-12-14-7-8-24(10-14)19(26)11-25-13-23-17-4-2-1-3-16(17)20(25)27/h1-6,9,13-14H,7-8,10-12H2. The second kappa shape index (κ2) is 7.75. The van der Waals surface area contributed by atoms with Gasteiger partial charge in [0.15, 0.2) is 0 Å². The number of para-hydroxylation sites is 1. The van der Waals surface area contributed by atoms with Crippen LogP contribution in [0, 0.1) is 11.7 Å². The maximum atomic E-state index is 12.9. The highest BCUT2D eigenvalue weighted by Gasteiger charge is 2.27. The number of pyridine rings is 1. The molecule has 3 aromatic rings. The molecule has 2 aromatic heterocycles. The summed E-state index contributed by atoms with van der Waals surface area (Å²) in [6.45, 7) is 1.53. The Kier molecular flexibility index (Phi) is 5.01. The number of hydrogen-bond acceptors (Lipinski definition) is 5. The number of rotatable bonds is 5. The summed E-state index contributed by atoms with van der Waals surface area (Å²) in [5.41, 5.74) is 0.393. The van der Waals surface area contributed by atoms with E-state index in [1.54, 1.807) is 23.1 Å². The van der Waals surface area contributed by atoms with Crippen molar-refractivity contribution in [3.63, 3.8) is 0 Å². The Morgan fingerprint density at radius 3 is 2.89 bits per heavy atom. The summed E-state index contributed by atoms with van der Waals surface area (Å²) >= 11 is 0. The van der Waals surface area contributed by atoms with Crippen LogP contribution in [-0.2, 0) is 11.3 Å². The summed E-state index contributed by atoms with van der Waals surface area (Å²) in [5.74, 6) is -0.00720. The van der Waals surface area contributed by atoms with Gasteiger partial charge in [-0.2, -0.15) is 0 Å². The number of benzene rings is 1. The van der Waals surface area contributed by atoms with Gasteiger partial charge in [0.25, 0.3) is 5.56 Å². The van der Waals surface area contributed by atoms with Crippen molar-refractivity contribution < 1.29 is 13.9 Å².